The molecule has 1 aromatic carbocycles. The summed E-state index contributed by atoms with van der Waals surface area (Å²) >= 11 is 0. The van der Waals surface area contributed by atoms with E-state index >= 15 is 0 Å². The molecule has 0 radical (unpaired) electrons. The molecule has 0 unspecified atom stereocenters. The molecule has 7 heteroatoms. The molecule has 1 atom stereocenters. The first kappa shape index (κ1) is 17.3. The van der Waals surface area contributed by atoms with Crippen molar-refractivity contribution >= 4 is 17.6 Å². The largest absolute Gasteiger partial charge is 0.504 e. The number of hydrogen-bond donors (Lipinski definition) is 3. The predicted octanol–water partition coefficient (Wildman–Crippen LogP) is 2.00. The van der Waals surface area contributed by atoms with Crippen molar-refractivity contribution < 1.29 is 19.4 Å². The first-order chi connectivity index (χ1) is 11.5. The minimum atomic E-state index is -0.501. The fourth-order valence-corrected chi connectivity index (χ4v) is 2.20. The van der Waals surface area contributed by atoms with Crippen LogP contribution in [-0.2, 0) is 9.59 Å². The van der Waals surface area contributed by atoms with Gasteiger partial charge in [0.15, 0.2) is 11.6 Å². The van der Waals surface area contributed by atoms with Crippen molar-refractivity contribution in [3.05, 3.63) is 48.2 Å². The molecule has 0 aliphatic rings. The Morgan fingerprint density at radius 3 is 2.54 bits per heavy atom. The van der Waals surface area contributed by atoms with Gasteiger partial charge in [-0.3, -0.25) is 9.59 Å². The monoisotopic (exact) mass is 329 g/mol. The third kappa shape index (κ3) is 4.70. The van der Waals surface area contributed by atoms with E-state index in [1.807, 2.05) is 0 Å². The molecule has 2 rings (SSSR count). The third-order valence-corrected chi connectivity index (χ3v) is 3.33. The second kappa shape index (κ2) is 7.96. The first-order valence-corrected chi connectivity index (χ1v) is 7.34. The van der Waals surface area contributed by atoms with Gasteiger partial charge in [-0.15, -0.1) is 0 Å². The van der Waals surface area contributed by atoms with Crippen LogP contribution in [0.3, 0.4) is 0 Å². The number of benzene rings is 1. The highest BCUT2D eigenvalue weighted by Crippen LogP contribution is 2.23. The number of hydrogen-bond acceptors (Lipinski definition) is 5. The molecule has 0 aliphatic carbocycles. The molecule has 0 saturated carbocycles. The Bertz CT molecular complexity index is 716. The van der Waals surface area contributed by atoms with E-state index in [1.54, 1.807) is 37.4 Å². The van der Waals surface area contributed by atoms with Gasteiger partial charge in [0, 0.05) is 13.1 Å². The van der Waals surface area contributed by atoms with Gasteiger partial charge in [-0.25, -0.2) is 4.98 Å². The van der Waals surface area contributed by atoms with Crippen LogP contribution in [0.15, 0.2) is 42.6 Å². The van der Waals surface area contributed by atoms with Gasteiger partial charge in [0.25, 0.3) is 0 Å². The lowest BCUT2D eigenvalue weighted by Gasteiger charge is -2.18. The summed E-state index contributed by atoms with van der Waals surface area (Å²) in [6, 6.07) is 9.56. The van der Waals surface area contributed by atoms with E-state index in [1.165, 1.54) is 19.2 Å². The van der Waals surface area contributed by atoms with Gasteiger partial charge >= 0.3 is 0 Å². The topological polar surface area (TPSA) is 101 Å². The predicted molar refractivity (Wildman–Crippen MR) is 88.7 cm³/mol. The maximum absolute atomic E-state index is 12.2. The summed E-state index contributed by atoms with van der Waals surface area (Å²) in [6.45, 7) is 1.39. The molecule has 1 aromatic heterocycles. The van der Waals surface area contributed by atoms with Gasteiger partial charge in [-0.05, 0) is 29.8 Å². The smallest absolute Gasteiger partial charge is 0.228 e. The lowest BCUT2D eigenvalue weighted by Crippen LogP contribution is -2.29. The fourth-order valence-electron chi connectivity index (χ4n) is 2.20. The molecular formula is C17H19N3O4. The zero-order valence-electron chi connectivity index (χ0n) is 13.4. The van der Waals surface area contributed by atoms with Gasteiger partial charge in [0.2, 0.25) is 11.8 Å². The van der Waals surface area contributed by atoms with Crippen molar-refractivity contribution in [2.45, 2.75) is 19.4 Å². The van der Waals surface area contributed by atoms with Crippen LogP contribution in [0.4, 0.5) is 5.82 Å². The van der Waals surface area contributed by atoms with E-state index in [-0.39, 0.29) is 29.8 Å². The van der Waals surface area contributed by atoms with E-state index in [0.717, 1.165) is 5.56 Å². The second-order valence-electron chi connectivity index (χ2n) is 5.15. The highest BCUT2D eigenvalue weighted by atomic mass is 16.5. The van der Waals surface area contributed by atoms with Crippen LogP contribution < -0.4 is 15.4 Å². The zero-order chi connectivity index (χ0) is 17.5. The normalized spacial score (nSPS) is 11.4. The minimum Gasteiger partial charge on any atom is -0.504 e. The molecule has 126 valence electrons. The minimum absolute atomic E-state index is 0.00191. The standard InChI is InChI=1S/C17H19N3O4/c1-11(21)19-14(12-5-7-13(24-2)8-6-12)10-16(23)20-17-15(22)4-3-9-18-17/h3-9,14,22H,10H2,1-2H3,(H,19,21)(H,18,20,23)/t14-/m0/s1. The zero-order valence-corrected chi connectivity index (χ0v) is 13.4. The molecule has 2 aromatic rings. The number of aromatic hydroxyl groups is 1. The van der Waals surface area contributed by atoms with Gasteiger partial charge in [0.05, 0.1) is 19.6 Å². The molecule has 0 aliphatic heterocycles. The van der Waals surface area contributed by atoms with E-state index in [2.05, 4.69) is 15.6 Å². The highest BCUT2D eigenvalue weighted by molar-refractivity contribution is 5.91. The van der Waals surface area contributed by atoms with Gasteiger partial charge in [0.1, 0.15) is 5.75 Å². The number of methoxy groups -OCH3 is 1. The lowest BCUT2D eigenvalue weighted by atomic mass is 10.0. The molecule has 0 spiro atoms. The van der Waals surface area contributed by atoms with Crippen molar-refractivity contribution in [2.24, 2.45) is 0 Å². The number of nitrogens with zero attached hydrogens (tertiary/aromatic N) is 1. The van der Waals surface area contributed by atoms with Crippen molar-refractivity contribution in [1.29, 1.82) is 0 Å². The van der Waals surface area contributed by atoms with Crippen LogP contribution in [0, 0.1) is 0 Å². The molecule has 7 nitrogen and oxygen atoms in total. The molecule has 24 heavy (non-hydrogen) atoms. The number of amides is 2. The van der Waals surface area contributed by atoms with Crippen LogP contribution in [-0.4, -0.2) is 29.0 Å². The maximum atomic E-state index is 12.2. The van der Waals surface area contributed by atoms with Crippen LogP contribution in [0.1, 0.15) is 24.9 Å². The summed E-state index contributed by atoms with van der Waals surface area (Å²) in [5, 5.41) is 14.9. The summed E-state index contributed by atoms with van der Waals surface area (Å²) in [7, 11) is 1.56. The Labute approximate surface area is 139 Å². The van der Waals surface area contributed by atoms with Crippen molar-refractivity contribution in [3.8, 4) is 11.5 Å². The summed E-state index contributed by atoms with van der Waals surface area (Å²) in [5.74, 6) is 0.0243. The third-order valence-electron chi connectivity index (χ3n) is 3.33. The van der Waals surface area contributed by atoms with Crippen molar-refractivity contribution in [2.75, 3.05) is 12.4 Å². The Kier molecular flexibility index (Phi) is 5.73. The average Bonchev–Trinajstić information content (AvgIpc) is 2.56. The number of anilines is 1. The number of rotatable bonds is 6. The average molecular weight is 329 g/mol. The Morgan fingerprint density at radius 2 is 1.96 bits per heavy atom. The molecular weight excluding hydrogens is 310 g/mol. The number of ether oxygens (including phenoxy) is 1. The molecule has 1 heterocycles. The van der Waals surface area contributed by atoms with Gasteiger partial charge < -0.3 is 20.5 Å². The SMILES string of the molecule is COc1ccc([C@H](CC(=O)Nc2ncccc2O)NC(C)=O)cc1. The summed E-state index contributed by atoms with van der Waals surface area (Å²) in [5.41, 5.74) is 0.770. The van der Waals surface area contributed by atoms with E-state index in [9.17, 15) is 14.7 Å². The Balaban J connectivity index is 2.11. The van der Waals surface area contributed by atoms with Crippen LogP contribution in [0.25, 0.3) is 0 Å². The van der Waals surface area contributed by atoms with Crippen LogP contribution in [0.5, 0.6) is 11.5 Å². The van der Waals surface area contributed by atoms with Crippen molar-refractivity contribution in [1.82, 2.24) is 10.3 Å². The number of carbonyl (C=O) groups excluding carboxylic acids is 2. The number of carbonyl (C=O) groups is 2. The first-order valence-electron chi connectivity index (χ1n) is 7.34. The summed E-state index contributed by atoms with van der Waals surface area (Å²) in [6.07, 6.45) is 1.46. The van der Waals surface area contributed by atoms with Gasteiger partial charge in [-0.2, -0.15) is 0 Å². The quantitative estimate of drug-likeness (QED) is 0.752. The van der Waals surface area contributed by atoms with E-state index in [0.29, 0.717) is 5.75 Å². The number of aromatic nitrogens is 1. The van der Waals surface area contributed by atoms with Gasteiger partial charge in [-0.1, -0.05) is 12.1 Å². The maximum Gasteiger partial charge on any atom is 0.228 e. The molecule has 3 N–H and O–H groups in total. The number of nitrogens with one attached hydrogen (secondary N) is 2. The lowest BCUT2D eigenvalue weighted by molar-refractivity contribution is -0.120. The molecule has 0 fully saturated rings. The Morgan fingerprint density at radius 1 is 1.25 bits per heavy atom. The summed E-state index contributed by atoms with van der Waals surface area (Å²) in [4.78, 5) is 27.5. The molecule has 2 amide bonds. The van der Waals surface area contributed by atoms with Crippen LogP contribution >= 0.6 is 0 Å². The fraction of sp³-hybridized carbons (Fsp3) is 0.235. The van der Waals surface area contributed by atoms with Crippen LogP contribution in [0.2, 0.25) is 0 Å². The Hall–Kier alpha value is -3.09. The second-order valence-corrected chi connectivity index (χ2v) is 5.15. The molecule has 0 bridgehead atoms. The van der Waals surface area contributed by atoms with Crippen molar-refractivity contribution in [3.63, 3.8) is 0 Å². The molecule has 0 saturated heterocycles. The van der Waals surface area contributed by atoms with E-state index in [4.69, 9.17) is 4.74 Å². The highest BCUT2D eigenvalue weighted by Gasteiger charge is 2.18. The number of pyridine rings is 1. The summed E-state index contributed by atoms with van der Waals surface area (Å²) < 4.78 is 5.10. The van der Waals surface area contributed by atoms with E-state index < -0.39 is 6.04 Å².